The second kappa shape index (κ2) is 11.2. The first-order chi connectivity index (χ1) is 11.7. The first-order valence-electron chi connectivity index (χ1n) is 8.60. The third kappa shape index (κ3) is 5.97. The fraction of sp³-hybridized carbons (Fsp3) is 0.500. The first-order valence-corrected chi connectivity index (χ1v) is 8.60. The molecule has 6 nitrogen and oxygen atoms in total. The van der Waals surface area contributed by atoms with E-state index >= 15 is 0 Å². The molecule has 1 unspecified atom stereocenters. The Morgan fingerprint density at radius 3 is 2.85 bits per heavy atom. The third-order valence-corrected chi connectivity index (χ3v) is 4.60. The molecule has 0 aromatic carbocycles. The SMILES string of the molecule is CN(CCc1ccccn1)C(=O)Cn1nccc1C1CCCNC1.Cl.Cl. The molecule has 1 N–H and O–H groups in total. The van der Waals surface area contributed by atoms with Gasteiger partial charge in [-0.1, -0.05) is 6.07 Å². The number of nitrogens with one attached hydrogen (secondary N) is 1. The molecule has 1 aliphatic heterocycles. The van der Waals surface area contributed by atoms with Gasteiger partial charge >= 0.3 is 0 Å². The highest BCUT2D eigenvalue weighted by Gasteiger charge is 2.20. The monoisotopic (exact) mass is 399 g/mol. The number of hydrogen-bond donors (Lipinski definition) is 1. The van der Waals surface area contributed by atoms with Gasteiger partial charge in [-0.3, -0.25) is 14.5 Å². The van der Waals surface area contributed by atoms with E-state index in [4.69, 9.17) is 0 Å². The number of rotatable bonds is 6. The quantitative estimate of drug-likeness (QED) is 0.808. The fourth-order valence-electron chi connectivity index (χ4n) is 3.13. The number of halogens is 2. The number of piperidine rings is 1. The Hall–Kier alpha value is -1.63. The number of likely N-dealkylation sites (N-methyl/N-ethyl adjacent to an activating group) is 1. The molecule has 2 aromatic heterocycles. The molecular formula is C18H27Cl2N5O. The van der Waals surface area contributed by atoms with Crippen LogP contribution in [-0.2, 0) is 17.8 Å². The molecule has 26 heavy (non-hydrogen) atoms. The van der Waals surface area contributed by atoms with Gasteiger partial charge in [0.25, 0.3) is 0 Å². The average Bonchev–Trinajstić information content (AvgIpc) is 3.09. The molecule has 3 rings (SSSR count). The van der Waals surface area contributed by atoms with Crippen LogP contribution < -0.4 is 5.32 Å². The number of nitrogens with zero attached hydrogens (tertiary/aromatic N) is 4. The summed E-state index contributed by atoms with van der Waals surface area (Å²) in [5.41, 5.74) is 2.17. The molecule has 1 saturated heterocycles. The molecule has 0 bridgehead atoms. The molecule has 0 radical (unpaired) electrons. The Morgan fingerprint density at radius 2 is 2.15 bits per heavy atom. The van der Waals surface area contributed by atoms with Crippen LogP contribution in [0.1, 0.15) is 30.1 Å². The lowest BCUT2D eigenvalue weighted by Crippen LogP contribution is -2.34. The molecule has 1 aliphatic rings. The molecule has 1 amide bonds. The Labute approximate surface area is 167 Å². The van der Waals surface area contributed by atoms with Crippen LogP contribution in [0, 0.1) is 0 Å². The van der Waals surface area contributed by atoms with E-state index in [9.17, 15) is 4.79 Å². The zero-order valence-electron chi connectivity index (χ0n) is 15.0. The summed E-state index contributed by atoms with van der Waals surface area (Å²) < 4.78 is 1.86. The van der Waals surface area contributed by atoms with E-state index in [0.717, 1.165) is 37.3 Å². The van der Waals surface area contributed by atoms with Crippen molar-refractivity contribution >= 4 is 30.7 Å². The Kier molecular flexibility index (Phi) is 9.62. The predicted octanol–water partition coefficient (Wildman–Crippen LogP) is 2.29. The summed E-state index contributed by atoms with van der Waals surface area (Å²) in [5.74, 6) is 0.535. The maximum atomic E-state index is 12.5. The van der Waals surface area contributed by atoms with Gasteiger partial charge in [0.2, 0.25) is 5.91 Å². The minimum atomic E-state index is 0. The summed E-state index contributed by atoms with van der Waals surface area (Å²) in [7, 11) is 1.84. The summed E-state index contributed by atoms with van der Waals surface area (Å²) in [6.07, 6.45) is 6.67. The number of pyridine rings is 1. The highest BCUT2D eigenvalue weighted by molar-refractivity contribution is 5.85. The Morgan fingerprint density at radius 1 is 1.31 bits per heavy atom. The lowest BCUT2D eigenvalue weighted by molar-refractivity contribution is -0.130. The smallest absolute Gasteiger partial charge is 0.244 e. The Bertz CT molecular complexity index is 659. The van der Waals surface area contributed by atoms with Crippen molar-refractivity contribution in [3.63, 3.8) is 0 Å². The van der Waals surface area contributed by atoms with Gasteiger partial charge in [0, 0.05) is 56.3 Å². The van der Waals surface area contributed by atoms with Crippen molar-refractivity contribution in [1.29, 1.82) is 0 Å². The van der Waals surface area contributed by atoms with E-state index in [-0.39, 0.29) is 30.7 Å². The van der Waals surface area contributed by atoms with Crippen LogP contribution in [0.5, 0.6) is 0 Å². The second-order valence-electron chi connectivity index (χ2n) is 6.34. The molecule has 1 fully saturated rings. The molecule has 144 valence electrons. The molecule has 0 spiro atoms. The molecule has 0 aliphatic carbocycles. The van der Waals surface area contributed by atoms with E-state index in [2.05, 4.69) is 15.4 Å². The van der Waals surface area contributed by atoms with E-state index in [1.54, 1.807) is 17.3 Å². The maximum absolute atomic E-state index is 12.5. The normalized spacial score (nSPS) is 16.3. The summed E-state index contributed by atoms with van der Waals surface area (Å²) >= 11 is 0. The van der Waals surface area contributed by atoms with E-state index in [0.29, 0.717) is 19.0 Å². The average molecular weight is 400 g/mol. The molecular weight excluding hydrogens is 373 g/mol. The van der Waals surface area contributed by atoms with Crippen molar-refractivity contribution in [3.05, 3.63) is 48.0 Å². The van der Waals surface area contributed by atoms with Crippen molar-refractivity contribution in [2.24, 2.45) is 0 Å². The van der Waals surface area contributed by atoms with Crippen LogP contribution in [0.25, 0.3) is 0 Å². The highest BCUT2D eigenvalue weighted by atomic mass is 35.5. The van der Waals surface area contributed by atoms with Crippen molar-refractivity contribution < 1.29 is 4.79 Å². The standard InChI is InChI=1S/C18H25N5O.2ClH/c1-22(12-8-16-6-2-3-10-20-16)18(24)14-23-17(7-11-21-23)15-5-4-9-19-13-15;;/h2-3,6-7,10-11,15,19H,4-5,8-9,12-14H2,1H3;2*1H. The van der Waals surface area contributed by atoms with Gasteiger partial charge in [0.1, 0.15) is 6.54 Å². The van der Waals surface area contributed by atoms with Crippen molar-refractivity contribution in [2.75, 3.05) is 26.7 Å². The number of hydrogen-bond acceptors (Lipinski definition) is 4. The number of amides is 1. The lowest BCUT2D eigenvalue weighted by atomic mass is 9.96. The first kappa shape index (κ1) is 22.4. The van der Waals surface area contributed by atoms with E-state index < -0.39 is 0 Å². The number of carbonyl (C=O) groups is 1. The maximum Gasteiger partial charge on any atom is 0.244 e. The van der Waals surface area contributed by atoms with Crippen molar-refractivity contribution in [1.82, 2.24) is 25.0 Å². The number of carbonyl (C=O) groups excluding carboxylic acids is 1. The fourth-order valence-corrected chi connectivity index (χ4v) is 3.13. The van der Waals surface area contributed by atoms with Crippen molar-refractivity contribution in [2.45, 2.75) is 31.7 Å². The van der Waals surface area contributed by atoms with Crippen LogP contribution in [0.4, 0.5) is 0 Å². The van der Waals surface area contributed by atoms with Gasteiger partial charge in [-0.25, -0.2) is 0 Å². The summed E-state index contributed by atoms with van der Waals surface area (Å²) in [6, 6.07) is 7.90. The van der Waals surface area contributed by atoms with Gasteiger partial charge in [-0.2, -0.15) is 5.10 Å². The summed E-state index contributed by atoms with van der Waals surface area (Å²) in [5, 5.41) is 7.78. The van der Waals surface area contributed by atoms with E-state index in [1.165, 1.54) is 6.42 Å². The molecule has 2 aromatic rings. The second-order valence-corrected chi connectivity index (χ2v) is 6.34. The summed E-state index contributed by atoms with van der Waals surface area (Å²) in [4.78, 5) is 18.6. The zero-order valence-corrected chi connectivity index (χ0v) is 16.6. The van der Waals surface area contributed by atoms with Gasteiger partial charge in [-0.15, -0.1) is 24.8 Å². The highest BCUT2D eigenvalue weighted by Crippen LogP contribution is 2.22. The minimum absolute atomic E-state index is 0. The molecule has 1 atom stereocenters. The van der Waals surface area contributed by atoms with Crippen LogP contribution in [0.3, 0.4) is 0 Å². The van der Waals surface area contributed by atoms with Gasteiger partial charge in [0.15, 0.2) is 0 Å². The van der Waals surface area contributed by atoms with E-state index in [1.807, 2.05) is 36.0 Å². The molecule has 8 heteroatoms. The topological polar surface area (TPSA) is 63.1 Å². The van der Waals surface area contributed by atoms with Crippen LogP contribution in [0.2, 0.25) is 0 Å². The summed E-state index contributed by atoms with van der Waals surface area (Å²) in [6.45, 7) is 3.02. The number of aromatic nitrogens is 3. The zero-order chi connectivity index (χ0) is 16.8. The van der Waals surface area contributed by atoms with Crippen LogP contribution in [0.15, 0.2) is 36.7 Å². The predicted molar refractivity (Wildman–Crippen MR) is 107 cm³/mol. The van der Waals surface area contributed by atoms with Crippen LogP contribution >= 0.6 is 24.8 Å². The Balaban J connectivity index is 0.00000169. The third-order valence-electron chi connectivity index (χ3n) is 4.60. The molecule has 0 saturated carbocycles. The minimum Gasteiger partial charge on any atom is -0.344 e. The van der Waals surface area contributed by atoms with Gasteiger partial charge in [-0.05, 0) is 37.6 Å². The van der Waals surface area contributed by atoms with Crippen molar-refractivity contribution in [3.8, 4) is 0 Å². The van der Waals surface area contributed by atoms with Gasteiger partial charge < -0.3 is 10.2 Å². The molecule has 3 heterocycles. The van der Waals surface area contributed by atoms with Gasteiger partial charge in [0.05, 0.1) is 0 Å². The largest absolute Gasteiger partial charge is 0.344 e. The van der Waals surface area contributed by atoms with Crippen LogP contribution in [-0.4, -0.2) is 52.3 Å². The lowest BCUT2D eigenvalue weighted by Gasteiger charge is -2.24.